The van der Waals surface area contributed by atoms with Crippen LogP contribution in [0, 0.1) is 21.4 Å². The molecule has 0 radical (unpaired) electrons. The first-order chi connectivity index (χ1) is 14.4. The number of anilines is 1. The summed E-state index contributed by atoms with van der Waals surface area (Å²) in [5.74, 6) is -0.389. The van der Waals surface area contributed by atoms with Gasteiger partial charge in [0.25, 0.3) is 5.69 Å². The van der Waals surface area contributed by atoms with Gasteiger partial charge in [-0.2, -0.15) is 5.26 Å². The van der Waals surface area contributed by atoms with Crippen molar-refractivity contribution < 1.29 is 9.72 Å². The number of non-ortho nitro benzene ring substituents is 1. The van der Waals surface area contributed by atoms with Crippen LogP contribution >= 0.6 is 15.9 Å². The summed E-state index contributed by atoms with van der Waals surface area (Å²) in [7, 11) is 0. The van der Waals surface area contributed by atoms with Gasteiger partial charge in [0.05, 0.1) is 28.2 Å². The quantitative estimate of drug-likeness (QED) is 0.521. The summed E-state index contributed by atoms with van der Waals surface area (Å²) in [5.41, 5.74) is 9.15. The molecule has 1 aliphatic carbocycles. The fourth-order valence-electron chi connectivity index (χ4n) is 4.12. The second kappa shape index (κ2) is 7.76. The number of nitro benzene ring substituents is 1. The summed E-state index contributed by atoms with van der Waals surface area (Å²) >= 11 is 3.41. The van der Waals surface area contributed by atoms with Crippen LogP contribution in [0.2, 0.25) is 0 Å². The first-order valence-electron chi connectivity index (χ1n) is 9.38. The van der Waals surface area contributed by atoms with E-state index in [4.69, 9.17) is 5.73 Å². The van der Waals surface area contributed by atoms with E-state index in [9.17, 15) is 20.2 Å². The molecule has 2 aromatic carbocycles. The Hall–Kier alpha value is -3.44. The van der Waals surface area contributed by atoms with Gasteiger partial charge >= 0.3 is 0 Å². The number of carbonyl (C=O) groups is 1. The van der Waals surface area contributed by atoms with Crippen molar-refractivity contribution in [3.05, 3.63) is 91.3 Å². The van der Waals surface area contributed by atoms with Crippen LogP contribution in [-0.2, 0) is 4.79 Å². The molecule has 0 amide bonds. The topological polar surface area (TPSA) is 113 Å². The van der Waals surface area contributed by atoms with Crippen LogP contribution in [0.1, 0.15) is 30.7 Å². The van der Waals surface area contributed by atoms with E-state index >= 15 is 0 Å². The number of halogens is 1. The summed E-state index contributed by atoms with van der Waals surface area (Å²) in [4.78, 5) is 25.4. The monoisotopic (exact) mass is 464 g/mol. The summed E-state index contributed by atoms with van der Waals surface area (Å²) < 4.78 is 0.889. The summed E-state index contributed by atoms with van der Waals surface area (Å²) in [5, 5.41) is 21.2. The number of ketones is 1. The zero-order valence-electron chi connectivity index (χ0n) is 15.8. The number of carbonyl (C=O) groups excluding carboxylic acids is 1. The molecule has 0 spiro atoms. The number of rotatable bonds is 3. The number of nitro groups is 1. The number of allylic oxidation sites excluding steroid dienone is 3. The highest BCUT2D eigenvalue weighted by molar-refractivity contribution is 9.10. The highest BCUT2D eigenvalue weighted by Crippen LogP contribution is 2.46. The first kappa shape index (κ1) is 19.9. The lowest BCUT2D eigenvalue weighted by Crippen LogP contribution is -2.38. The Bertz CT molecular complexity index is 1160. The molecule has 0 aromatic heterocycles. The minimum absolute atomic E-state index is 0.0279. The molecule has 0 saturated carbocycles. The van der Waals surface area contributed by atoms with E-state index in [1.807, 2.05) is 24.3 Å². The lowest BCUT2D eigenvalue weighted by molar-refractivity contribution is -0.384. The van der Waals surface area contributed by atoms with E-state index in [0.717, 1.165) is 10.0 Å². The van der Waals surface area contributed by atoms with Gasteiger partial charge in [-0.1, -0.05) is 34.1 Å². The van der Waals surface area contributed by atoms with Crippen molar-refractivity contribution in [2.24, 2.45) is 5.73 Å². The van der Waals surface area contributed by atoms with E-state index in [0.29, 0.717) is 36.2 Å². The fraction of sp³-hybridized carbons (Fsp3) is 0.182. The third kappa shape index (κ3) is 3.27. The van der Waals surface area contributed by atoms with Gasteiger partial charge in [-0.15, -0.1) is 0 Å². The van der Waals surface area contributed by atoms with Gasteiger partial charge in [0.2, 0.25) is 0 Å². The predicted molar refractivity (Wildman–Crippen MR) is 115 cm³/mol. The van der Waals surface area contributed by atoms with Crippen molar-refractivity contribution in [2.45, 2.75) is 25.2 Å². The molecule has 0 fully saturated rings. The highest BCUT2D eigenvalue weighted by Gasteiger charge is 2.40. The summed E-state index contributed by atoms with van der Waals surface area (Å²) in [6.45, 7) is 0. The Balaban J connectivity index is 1.95. The van der Waals surface area contributed by atoms with Crippen molar-refractivity contribution >= 4 is 33.1 Å². The molecule has 0 unspecified atom stereocenters. The van der Waals surface area contributed by atoms with Crippen molar-refractivity contribution in [2.75, 3.05) is 4.90 Å². The number of hydrogen-bond donors (Lipinski definition) is 1. The van der Waals surface area contributed by atoms with Crippen LogP contribution < -0.4 is 10.6 Å². The molecule has 2 aromatic rings. The molecule has 1 heterocycles. The Kier molecular flexibility index (Phi) is 5.14. The average molecular weight is 465 g/mol. The number of Topliss-reactive ketones (excluding diaryl/α,β-unsaturated/α-hetero) is 1. The van der Waals surface area contributed by atoms with Crippen LogP contribution in [-0.4, -0.2) is 10.7 Å². The van der Waals surface area contributed by atoms with Crippen molar-refractivity contribution in [1.29, 1.82) is 5.26 Å². The minimum atomic E-state index is -0.555. The largest absolute Gasteiger partial charge is 0.384 e. The number of nitriles is 1. The Morgan fingerprint density at radius 2 is 1.93 bits per heavy atom. The number of nitrogens with zero attached hydrogens (tertiary/aromatic N) is 3. The Morgan fingerprint density at radius 1 is 1.20 bits per heavy atom. The molecule has 4 rings (SSSR count). The first-order valence-corrected chi connectivity index (χ1v) is 10.2. The second-order valence-corrected chi connectivity index (χ2v) is 8.06. The fourth-order valence-corrected chi connectivity index (χ4v) is 4.38. The van der Waals surface area contributed by atoms with E-state index in [1.165, 1.54) is 12.1 Å². The third-order valence-electron chi connectivity index (χ3n) is 5.42. The molecule has 150 valence electrons. The normalized spacial score (nSPS) is 18.9. The van der Waals surface area contributed by atoms with Crippen molar-refractivity contribution in [3.8, 4) is 6.07 Å². The van der Waals surface area contributed by atoms with Crippen LogP contribution in [0.15, 0.2) is 75.7 Å². The molecule has 1 atom stereocenters. The summed E-state index contributed by atoms with van der Waals surface area (Å²) in [6.07, 6.45) is 1.65. The van der Waals surface area contributed by atoms with E-state index in [1.54, 1.807) is 17.0 Å². The molecule has 0 saturated heterocycles. The number of nitrogens with two attached hydrogens (primary N) is 1. The van der Waals surface area contributed by atoms with Gasteiger partial charge in [0, 0.05) is 34.3 Å². The zero-order valence-corrected chi connectivity index (χ0v) is 17.4. The van der Waals surface area contributed by atoms with Gasteiger partial charge in [0.15, 0.2) is 5.78 Å². The maximum atomic E-state index is 13.0. The third-order valence-corrected chi connectivity index (χ3v) is 5.94. The highest BCUT2D eigenvalue weighted by atomic mass is 79.9. The molecule has 8 heteroatoms. The summed E-state index contributed by atoms with van der Waals surface area (Å²) in [6, 6.07) is 15.7. The van der Waals surface area contributed by atoms with Crippen LogP contribution in [0.5, 0.6) is 0 Å². The standard InChI is InChI=1S/C22H17BrN4O3/c23-14-9-7-13(8-10-14)20-17(12-24)22(25)26(18-5-2-6-19(28)21(18)20)15-3-1-4-16(11-15)27(29)30/h1,3-4,7-11,20H,2,5-6,25H2/t20-/m0/s1. The SMILES string of the molecule is N#CC1=C(N)N(c2cccc([N+](=O)[O-])c2)C2=C(C(=O)CCC2)[C@H]1c1ccc(Br)cc1. The Morgan fingerprint density at radius 3 is 2.60 bits per heavy atom. The maximum absolute atomic E-state index is 13.0. The molecular weight excluding hydrogens is 448 g/mol. The average Bonchev–Trinajstić information content (AvgIpc) is 2.74. The van der Waals surface area contributed by atoms with Gasteiger partial charge in [-0.05, 0) is 36.6 Å². The number of benzene rings is 2. The van der Waals surface area contributed by atoms with Gasteiger partial charge in [0.1, 0.15) is 5.82 Å². The molecule has 2 aliphatic rings. The van der Waals surface area contributed by atoms with Crippen molar-refractivity contribution in [1.82, 2.24) is 0 Å². The Labute approximate surface area is 181 Å². The van der Waals surface area contributed by atoms with Gasteiger partial charge < -0.3 is 5.73 Å². The molecule has 30 heavy (non-hydrogen) atoms. The van der Waals surface area contributed by atoms with Crippen LogP contribution in [0.3, 0.4) is 0 Å². The lowest BCUT2D eigenvalue weighted by atomic mass is 9.75. The van der Waals surface area contributed by atoms with Gasteiger partial charge in [-0.3, -0.25) is 19.8 Å². The predicted octanol–water partition coefficient (Wildman–Crippen LogP) is 4.66. The van der Waals surface area contributed by atoms with E-state index in [-0.39, 0.29) is 22.9 Å². The smallest absolute Gasteiger partial charge is 0.271 e. The van der Waals surface area contributed by atoms with Crippen LogP contribution in [0.25, 0.3) is 0 Å². The van der Waals surface area contributed by atoms with Gasteiger partial charge in [-0.25, -0.2) is 0 Å². The van der Waals surface area contributed by atoms with E-state index < -0.39 is 10.8 Å². The molecule has 2 N–H and O–H groups in total. The van der Waals surface area contributed by atoms with Crippen LogP contribution in [0.4, 0.5) is 11.4 Å². The molecular formula is C22H17BrN4O3. The zero-order chi connectivity index (χ0) is 21.4. The minimum Gasteiger partial charge on any atom is -0.384 e. The molecule has 0 bridgehead atoms. The molecule has 7 nitrogen and oxygen atoms in total. The lowest BCUT2D eigenvalue weighted by Gasteiger charge is -2.39. The second-order valence-electron chi connectivity index (χ2n) is 7.14. The van der Waals surface area contributed by atoms with Crippen molar-refractivity contribution in [3.63, 3.8) is 0 Å². The van der Waals surface area contributed by atoms with E-state index in [2.05, 4.69) is 22.0 Å². The molecule has 1 aliphatic heterocycles. The maximum Gasteiger partial charge on any atom is 0.271 e. The number of hydrogen-bond acceptors (Lipinski definition) is 6.